The van der Waals surface area contributed by atoms with Crippen LogP contribution in [-0.2, 0) is 0 Å². The van der Waals surface area contributed by atoms with Crippen LogP contribution >= 0.6 is 0 Å². The first-order valence-electron chi connectivity index (χ1n) is 8.19. The molecule has 7 heteroatoms. The lowest BCUT2D eigenvalue weighted by atomic mass is 10.2. The van der Waals surface area contributed by atoms with Gasteiger partial charge in [-0.3, -0.25) is 0 Å². The lowest BCUT2D eigenvalue weighted by Crippen LogP contribution is -2.26. The highest BCUT2D eigenvalue weighted by atomic mass is 19.3. The van der Waals surface area contributed by atoms with Crippen molar-refractivity contribution in [2.75, 3.05) is 23.3 Å². The third-order valence-electron chi connectivity index (χ3n) is 4.34. The van der Waals surface area contributed by atoms with E-state index in [9.17, 15) is 8.78 Å². The van der Waals surface area contributed by atoms with Gasteiger partial charge in [0.25, 0.3) is 0 Å². The largest absolute Gasteiger partial charge is 0.433 e. The maximum absolute atomic E-state index is 12.6. The molecular weight excluding hydrogens is 326 g/mol. The summed E-state index contributed by atoms with van der Waals surface area (Å²) in [5.41, 5.74) is 2.59. The number of alkyl halides is 2. The zero-order valence-electron chi connectivity index (χ0n) is 13.5. The highest BCUT2D eigenvalue weighted by molar-refractivity contribution is 5.77. The van der Waals surface area contributed by atoms with Gasteiger partial charge in [0.2, 0.25) is 5.95 Å². The van der Waals surface area contributed by atoms with Crippen LogP contribution in [0.2, 0.25) is 0 Å². The van der Waals surface area contributed by atoms with E-state index in [0.29, 0.717) is 12.2 Å². The van der Waals surface area contributed by atoms with Crippen LogP contribution in [0.5, 0.6) is 5.75 Å². The predicted octanol–water partition coefficient (Wildman–Crippen LogP) is 3.86. The molecule has 1 aliphatic rings. The van der Waals surface area contributed by atoms with Crippen LogP contribution in [-0.4, -0.2) is 35.7 Å². The Labute approximate surface area is 143 Å². The molecule has 1 aromatic heterocycles. The number of hydrogen-bond acceptors (Lipinski definition) is 4. The van der Waals surface area contributed by atoms with Gasteiger partial charge < -0.3 is 19.9 Å². The third-order valence-corrected chi connectivity index (χ3v) is 4.34. The van der Waals surface area contributed by atoms with E-state index in [-0.39, 0.29) is 11.8 Å². The fraction of sp³-hybridized carbons (Fsp3) is 0.278. The Morgan fingerprint density at radius 3 is 2.80 bits per heavy atom. The van der Waals surface area contributed by atoms with Gasteiger partial charge >= 0.3 is 6.61 Å². The number of aromatic amines is 1. The van der Waals surface area contributed by atoms with Crippen molar-refractivity contribution in [1.29, 1.82) is 0 Å². The number of aromatic nitrogens is 2. The monoisotopic (exact) mass is 344 g/mol. The Morgan fingerprint density at radius 2 is 1.96 bits per heavy atom. The summed E-state index contributed by atoms with van der Waals surface area (Å²) in [5, 5.41) is 3.39. The molecule has 1 unspecified atom stereocenters. The Kier molecular flexibility index (Phi) is 4.13. The van der Waals surface area contributed by atoms with Crippen LogP contribution in [0.25, 0.3) is 11.0 Å². The predicted molar refractivity (Wildman–Crippen MR) is 93.4 cm³/mol. The fourth-order valence-corrected chi connectivity index (χ4v) is 3.23. The number of benzene rings is 2. The molecule has 2 heterocycles. The molecule has 5 nitrogen and oxygen atoms in total. The molecule has 0 aliphatic carbocycles. The minimum atomic E-state index is -2.83. The lowest BCUT2D eigenvalue weighted by Gasteiger charge is -2.21. The van der Waals surface area contributed by atoms with Crippen LogP contribution in [0.3, 0.4) is 0 Å². The van der Waals surface area contributed by atoms with Crippen molar-refractivity contribution in [3.05, 3.63) is 48.5 Å². The zero-order valence-corrected chi connectivity index (χ0v) is 13.5. The molecule has 1 atom stereocenters. The summed E-state index contributed by atoms with van der Waals surface area (Å²) in [4.78, 5) is 9.83. The molecule has 0 spiro atoms. The molecule has 0 bridgehead atoms. The number of rotatable bonds is 5. The molecule has 3 aromatic rings. The highest BCUT2D eigenvalue weighted by Crippen LogP contribution is 2.32. The molecule has 2 N–H and O–H groups in total. The van der Waals surface area contributed by atoms with E-state index >= 15 is 0 Å². The van der Waals surface area contributed by atoms with Crippen LogP contribution < -0.4 is 15.0 Å². The molecule has 0 saturated carbocycles. The average Bonchev–Trinajstić information content (AvgIpc) is 3.21. The van der Waals surface area contributed by atoms with Gasteiger partial charge in [0.1, 0.15) is 5.75 Å². The fourth-order valence-electron chi connectivity index (χ4n) is 3.23. The third kappa shape index (κ3) is 3.35. The van der Waals surface area contributed by atoms with Crippen LogP contribution in [0, 0.1) is 0 Å². The Balaban J connectivity index is 1.46. The van der Waals surface area contributed by atoms with Crippen molar-refractivity contribution >= 4 is 22.7 Å². The summed E-state index contributed by atoms with van der Waals surface area (Å²) >= 11 is 0. The molecule has 0 radical (unpaired) electrons. The number of nitrogens with zero attached hydrogens (tertiary/aromatic N) is 2. The van der Waals surface area contributed by atoms with Crippen molar-refractivity contribution in [2.45, 2.75) is 19.1 Å². The number of anilines is 2. The summed E-state index contributed by atoms with van der Waals surface area (Å²) in [6, 6.07) is 14.9. The summed E-state index contributed by atoms with van der Waals surface area (Å²) in [7, 11) is 0. The van der Waals surface area contributed by atoms with Crippen LogP contribution in [0.1, 0.15) is 6.42 Å². The van der Waals surface area contributed by atoms with E-state index in [4.69, 9.17) is 0 Å². The van der Waals surface area contributed by atoms with Gasteiger partial charge in [-0.2, -0.15) is 8.78 Å². The summed E-state index contributed by atoms with van der Waals surface area (Å²) in [6.45, 7) is -1.37. The van der Waals surface area contributed by atoms with Gasteiger partial charge in [-0.15, -0.1) is 0 Å². The Bertz CT molecular complexity index is 834. The van der Waals surface area contributed by atoms with Crippen LogP contribution in [0.4, 0.5) is 20.4 Å². The number of halogens is 2. The normalized spacial score (nSPS) is 17.4. The number of H-pyrrole nitrogens is 1. The molecule has 130 valence electrons. The minimum Gasteiger partial charge on any atom is -0.433 e. The summed E-state index contributed by atoms with van der Waals surface area (Å²) in [6.07, 6.45) is 0.889. The number of para-hydroxylation sites is 4. The standard InChI is InChI=1S/C18H18F2N4O/c19-17(20)25-16-8-4-3-7-15(16)24-10-9-12(11-24)21-18-22-13-5-1-2-6-14(13)23-18/h1-8,12,17H,9-11H2,(H2,21,22,23). The molecule has 4 rings (SSSR count). The molecule has 1 aliphatic heterocycles. The molecule has 2 aromatic carbocycles. The number of ether oxygens (including phenoxy) is 1. The second-order valence-electron chi connectivity index (χ2n) is 6.02. The van der Waals surface area contributed by atoms with E-state index in [0.717, 1.165) is 29.9 Å². The van der Waals surface area contributed by atoms with E-state index in [1.807, 2.05) is 30.3 Å². The van der Waals surface area contributed by atoms with E-state index in [1.54, 1.807) is 18.2 Å². The average molecular weight is 344 g/mol. The van der Waals surface area contributed by atoms with E-state index < -0.39 is 6.61 Å². The van der Waals surface area contributed by atoms with Gasteiger partial charge in [0.05, 0.1) is 16.7 Å². The first-order valence-corrected chi connectivity index (χ1v) is 8.19. The smallest absolute Gasteiger partial charge is 0.387 e. The van der Waals surface area contributed by atoms with Gasteiger partial charge in [0, 0.05) is 19.1 Å². The zero-order chi connectivity index (χ0) is 17.2. The highest BCUT2D eigenvalue weighted by Gasteiger charge is 2.25. The molecular formula is C18H18F2N4O. The maximum atomic E-state index is 12.6. The lowest BCUT2D eigenvalue weighted by molar-refractivity contribution is -0.0495. The maximum Gasteiger partial charge on any atom is 0.387 e. The van der Waals surface area contributed by atoms with Gasteiger partial charge in [-0.25, -0.2) is 4.98 Å². The number of imidazole rings is 1. The molecule has 25 heavy (non-hydrogen) atoms. The van der Waals surface area contributed by atoms with Crippen LogP contribution in [0.15, 0.2) is 48.5 Å². The van der Waals surface area contributed by atoms with Crippen molar-refractivity contribution in [3.8, 4) is 5.75 Å². The number of hydrogen-bond donors (Lipinski definition) is 2. The second-order valence-corrected chi connectivity index (χ2v) is 6.02. The van der Waals surface area contributed by atoms with Gasteiger partial charge in [-0.1, -0.05) is 24.3 Å². The quantitative estimate of drug-likeness (QED) is 0.738. The first kappa shape index (κ1) is 15.7. The van der Waals surface area contributed by atoms with Gasteiger partial charge in [-0.05, 0) is 30.7 Å². The molecule has 1 fully saturated rings. The van der Waals surface area contributed by atoms with Gasteiger partial charge in [0.15, 0.2) is 0 Å². The topological polar surface area (TPSA) is 53.2 Å². The summed E-state index contributed by atoms with van der Waals surface area (Å²) < 4.78 is 29.8. The van der Waals surface area contributed by atoms with E-state index in [2.05, 4.69) is 24.9 Å². The van der Waals surface area contributed by atoms with Crippen molar-refractivity contribution < 1.29 is 13.5 Å². The van der Waals surface area contributed by atoms with Crippen molar-refractivity contribution in [1.82, 2.24) is 9.97 Å². The summed E-state index contributed by atoms with van der Waals surface area (Å²) in [5.74, 6) is 0.937. The molecule has 1 saturated heterocycles. The Hall–Kier alpha value is -2.83. The first-order chi connectivity index (χ1) is 12.2. The van der Waals surface area contributed by atoms with E-state index in [1.165, 1.54) is 0 Å². The SMILES string of the molecule is FC(F)Oc1ccccc1N1CCC(Nc2nc3ccccc3[nH]2)C1. The number of fused-ring (bicyclic) bond motifs is 1. The van der Waals surface area contributed by atoms with Crippen molar-refractivity contribution in [3.63, 3.8) is 0 Å². The number of nitrogens with one attached hydrogen (secondary N) is 2. The second kappa shape index (κ2) is 6.58. The minimum absolute atomic E-state index is 0.181. The Morgan fingerprint density at radius 1 is 1.16 bits per heavy atom. The van der Waals surface area contributed by atoms with Crippen molar-refractivity contribution in [2.24, 2.45) is 0 Å². The molecule has 0 amide bonds.